The lowest BCUT2D eigenvalue weighted by Crippen LogP contribution is -2.12. The van der Waals surface area contributed by atoms with Gasteiger partial charge in [0, 0.05) is 9.85 Å². The Hall–Kier alpha value is -1.20. The van der Waals surface area contributed by atoms with Crippen molar-refractivity contribution >= 4 is 38.9 Å². The molecule has 5 heteroatoms. The molecular weight excluding hydrogens is 288 g/mol. The van der Waals surface area contributed by atoms with Gasteiger partial charge in [-0.3, -0.25) is 4.79 Å². The third-order valence-corrected chi connectivity index (χ3v) is 3.44. The molecule has 16 heavy (non-hydrogen) atoms. The first-order valence-corrected chi connectivity index (χ1v) is 6.32. The Morgan fingerprint density at radius 1 is 1.44 bits per heavy atom. The summed E-state index contributed by atoms with van der Waals surface area (Å²) >= 11 is 4.83. The van der Waals surface area contributed by atoms with E-state index in [2.05, 4.69) is 26.2 Å². The van der Waals surface area contributed by atoms with Crippen molar-refractivity contribution in [1.82, 2.24) is 4.98 Å². The summed E-state index contributed by atoms with van der Waals surface area (Å²) < 4.78 is 0.857. The van der Waals surface area contributed by atoms with Gasteiger partial charge in [0.05, 0.1) is 10.7 Å². The van der Waals surface area contributed by atoms with Crippen molar-refractivity contribution in [3.8, 4) is 0 Å². The lowest BCUT2D eigenvalue weighted by Gasteiger charge is -2.04. The third-order valence-electron chi connectivity index (χ3n) is 1.97. The average molecular weight is 297 g/mol. The Balaban J connectivity index is 2.17. The van der Waals surface area contributed by atoms with E-state index in [4.69, 9.17) is 0 Å². The van der Waals surface area contributed by atoms with E-state index in [-0.39, 0.29) is 5.91 Å². The average Bonchev–Trinajstić information content (AvgIpc) is 2.68. The van der Waals surface area contributed by atoms with E-state index >= 15 is 0 Å². The van der Waals surface area contributed by atoms with Gasteiger partial charge in [0.25, 0.3) is 5.91 Å². The SMILES string of the molecule is Cc1nc(C(=O)Nc2ccccc2Br)cs1. The smallest absolute Gasteiger partial charge is 0.275 e. The number of hydrogen-bond donors (Lipinski definition) is 1. The molecule has 0 saturated heterocycles. The van der Waals surface area contributed by atoms with Crippen molar-refractivity contribution in [2.75, 3.05) is 5.32 Å². The minimum absolute atomic E-state index is 0.184. The summed E-state index contributed by atoms with van der Waals surface area (Å²) in [4.78, 5) is 15.9. The van der Waals surface area contributed by atoms with Gasteiger partial charge in [0.15, 0.2) is 0 Å². The number of hydrogen-bond acceptors (Lipinski definition) is 3. The van der Waals surface area contributed by atoms with Crippen molar-refractivity contribution in [2.24, 2.45) is 0 Å². The molecule has 0 spiro atoms. The van der Waals surface area contributed by atoms with Crippen LogP contribution >= 0.6 is 27.3 Å². The number of aryl methyl sites for hydroxylation is 1. The van der Waals surface area contributed by atoms with Gasteiger partial charge in [-0.2, -0.15) is 0 Å². The van der Waals surface area contributed by atoms with Crippen LogP contribution in [0.15, 0.2) is 34.1 Å². The molecule has 0 radical (unpaired) electrons. The van der Waals surface area contributed by atoms with Crippen LogP contribution in [-0.4, -0.2) is 10.9 Å². The molecule has 0 aliphatic heterocycles. The Bertz CT molecular complexity index is 524. The number of anilines is 1. The number of benzene rings is 1. The van der Waals surface area contributed by atoms with Crippen molar-refractivity contribution < 1.29 is 4.79 Å². The van der Waals surface area contributed by atoms with Gasteiger partial charge >= 0.3 is 0 Å². The van der Waals surface area contributed by atoms with Gasteiger partial charge in [0.2, 0.25) is 0 Å². The minimum Gasteiger partial charge on any atom is -0.320 e. The molecule has 3 nitrogen and oxygen atoms in total. The molecule has 0 unspecified atom stereocenters. The monoisotopic (exact) mass is 296 g/mol. The number of para-hydroxylation sites is 1. The number of nitrogens with one attached hydrogen (secondary N) is 1. The molecule has 82 valence electrons. The second kappa shape index (κ2) is 4.76. The standard InChI is InChI=1S/C11H9BrN2OS/c1-7-13-10(6-16-7)11(15)14-9-5-3-2-4-8(9)12/h2-6H,1H3,(H,14,15). The molecule has 2 rings (SSSR count). The number of nitrogens with zero attached hydrogens (tertiary/aromatic N) is 1. The van der Waals surface area contributed by atoms with E-state index in [1.807, 2.05) is 31.2 Å². The van der Waals surface area contributed by atoms with Crippen molar-refractivity contribution in [2.45, 2.75) is 6.92 Å². The van der Waals surface area contributed by atoms with Gasteiger partial charge in [-0.15, -0.1) is 11.3 Å². The van der Waals surface area contributed by atoms with E-state index in [1.165, 1.54) is 11.3 Å². The fraction of sp³-hybridized carbons (Fsp3) is 0.0909. The summed E-state index contributed by atoms with van der Waals surface area (Å²) in [5, 5.41) is 5.44. The molecule has 1 amide bonds. The van der Waals surface area contributed by atoms with Gasteiger partial charge < -0.3 is 5.32 Å². The lowest BCUT2D eigenvalue weighted by atomic mass is 10.3. The second-order valence-electron chi connectivity index (χ2n) is 3.19. The van der Waals surface area contributed by atoms with Crippen LogP contribution in [0.5, 0.6) is 0 Å². The van der Waals surface area contributed by atoms with Crippen molar-refractivity contribution in [1.29, 1.82) is 0 Å². The zero-order chi connectivity index (χ0) is 11.5. The fourth-order valence-corrected chi connectivity index (χ4v) is 2.19. The highest BCUT2D eigenvalue weighted by Gasteiger charge is 2.10. The number of rotatable bonds is 2. The van der Waals surface area contributed by atoms with E-state index in [1.54, 1.807) is 5.38 Å². The fourth-order valence-electron chi connectivity index (χ4n) is 1.22. The maximum atomic E-state index is 11.8. The van der Waals surface area contributed by atoms with Crippen LogP contribution in [0.25, 0.3) is 0 Å². The number of carbonyl (C=O) groups is 1. The van der Waals surface area contributed by atoms with Crippen LogP contribution in [0.1, 0.15) is 15.5 Å². The third kappa shape index (κ3) is 2.48. The van der Waals surface area contributed by atoms with Crippen LogP contribution in [-0.2, 0) is 0 Å². The van der Waals surface area contributed by atoms with E-state index in [0.717, 1.165) is 15.2 Å². The quantitative estimate of drug-likeness (QED) is 0.922. The number of amides is 1. The second-order valence-corrected chi connectivity index (χ2v) is 5.10. The van der Waals surface area contributed by atoms with Crippen LogP contribution in [0.4, 0.5) is 5.69 Å². The highest BCUT2D eigenvalue weighted by molar-refractivity contribution is 9.10. The zero-order valence-corrected chi connectivity index (χ0v) is 10.9. The maximum Gasteiger partial charge on any atom is 0.275 e. The molecular formula is C11H9BrN2OS. The normalized spacial score (nSPS) is 10.1. The first kappa shape index (κ1) is 11.3. The first-order valence-electron chi connectivity index (χ1n) is 4.65. The molecule has 0 aliphatic rings. The van der Waals surface area contributed by atoms with Gasteiger partial charge in [0.1, 0.15) is 5.69 Å². The number of aromatic nitrogens is 1. The highest BCUT2D eigenvalue weighted by Crippen LogP contribution is 2.22. The summed E-state index contributed by atoms with van der Waals surface area (Å²) in [6, 6.07) is 7.47. The highest BCUT2D eigenvalue weighted by atomic mass is 79.9. The largest absolute Gasteiger partial charge is 0.320 e. The van der Waals surface area contributed by atoms with Crippen LogP contribution < -0.4 is 5.32 Å². The van der Waals surface area contributed by atoms with E-state index < -0.39 is 0 Å². The molecule has 1 N–H and O–H groups in total. The molecule has 0 atom stereocenters. The molecule has 2 aromatic rings. The van der Waals surface area contributed by atoms with E-state index in [9.17, 15) is 4.79 Å². The van der Waals surface area contributed by atoms with Crippen LogP contribution in [0.2, 0.25) is 0 Å². The molecule has 1 aromatic heterocycles. The molecule has 1 heterocycles. The van der Waals surface area contributed by atoms with Crippen LogP contribution in [0.3, 0.4) is 0 Å². The van der Waals surface area contributed by atoms with Crippen molar-refractivity contribution in [3.05, 3.63) is 44.8 Å². The number of halogens is 1. The van der Waals surface area contributed by atoms with Gasteiger partial charge in [-0.1, -0.05) is 12.1 Å². The predicted octanol–water partition coefficient (Wildman–Crippen LogP) is 3.47. The van der Waals surface area contributed by atoms with E-state index in [0.29, 0.717) is 5.69 Å². The Morgan fingerprint density at radius 2 is 2.19 bits per heavy atom. The lowest BCUT2D eigenvalue weighted by molar-refractivity contribution is 0.102. The minimum atomic E-state index is -0.184. The Kier molecular flexibility index (Phi) is 3.36. The molecule has 0 fully saturated rings. The molecule has 0 saturated carbocycles. The first-order chi connectivity index (χ1) is 7.66. The molecule has 0 aliphatic carbocycles. The Labute approximate surface area is 106 Å². The van der Waals surface area contributed by atoms with Crippen molar-refractivity contribution in [3.63, 3.8) is 0 Å². The number of carbonyl (C=O) groups excluding carboxylic acids is 1. The van der Waals surface area contributed by atoms with Crippen LogP contribution in [0, 0.1) is 6.92 Å². The molecule has 1 aromatic carbocycles. The Morgan fingerprint density at radius 3 is 2.81 bits per heavy atom. The summed E-state index contributed by atoms with van der Waals surface area (Å²) in [7, 11) is 0. The summed E-state index contributed by atoms with van der Waals surface area (Å²) in [6.07, 6.45) is 0. The zero-order valence-electron chi connectivity index (χ0n) is 8.53. The summed E-state index contributed by atoms with van der Waals surface area (Å²) in [5.41, 5.74) is 1.21. The molecule has 0 bridgehead atoms. The van der Waals surface area contributed by atoms with Gasteiger partial charge in [-0.05, 0) is 35.0 Å². The van der Waals surface area contributed by atoms with Gasteiger partial charge in [-0.25, -0.2) is 4.98 Å². The summed E-state index contributed by atoms with van der Waals surface area (Å²) in [6.45, 7) is 1.87. The maximum absolute atomic E-state index is 11.8. The summed E-state index contributed by atoms with van der Waals surface area (Å²) in [5.74, 6) is -0.184. The number of thiazole rings is 1. The topological polar surface area (TPSA) is 42.0 Å². The predicted molar refractivity (Wildman–Crippen MR) is 68.9 cm³/mol.